The van der Waals surface area contributed by atoms with Crippen molar-refractivity contribution >= 4 is 29.3 Å². The van der Waals surface area contributed by atoms with E-state index >= 15 is 0 Å². The number of amides is 2. The van der Waals surface area contributed by atoms with Crippen LogP contribution < -0.4 is 10.6 Å². The highest BCUT2D eigenvalue weighted by Crippen LogP contribution is 2.31. The van der Waals surface area contributed by atoms with Gasteiger partial charge in [0.15, 0.2) is 0 Å². The minimum absolute atomic E-state index is 0.0735. The van der Waals surface area contributed by atoms with E-state index in [0.29, 0.717) is 17.0 Å². The summed E-state index contributed by atoms with van der Waals surface area (Å²) in [6.07, 6.45) is -0.739. The van der Waals surface area contributed by atoms with E-state index in [1.165, 1.54) is 18.9 Å². The number of thioether (sulfide) groups is 1. The molecule has 2 rings (SSSR count). The molecule has 1 atom stereocenters. The Hall–Kier alpha value is -1.57. The van der Waals surface area contributed by atoms with Gasteiger partial charge in [0, 0.05) is 24.1 Å². The van der Waals surface area contributed by atoms with E-state index in [1.54, 1.807) is 18.2 Å². The minimum Gasteiger partial charge on any atom is -0.389 e. The number of nitrogens with one attached hydrogen (secondary N) is 2. The second-order valence-corrected chi connectivity index (χ2v) is 5.38. The molecule has 20 heavy (non-hydrogen) atoms. The van der Waals surface area contributed by atoms with Crippen LogP contribution >= 0.6 is 11.8 Å². The zero-order chi connectivity index (χ0) is 14.5. The Balaban J connectivity index is 2.00. The second kappa shape index (κ2) is 6.74. The molecule has 2 amide bonds. The van der Waals surface area contributed by atoms with E-state index in [1.807, 2.05) is 0 Å². The van der Waals surface area contributed by atoms with Gasteiger partial charge in [-0.1, -0.05) is 0 Å². The van der Waals surface area contributed by atoms with Crippen LogP contribution in [0.3, 0.4) is 0 Å². The molecule has 0 saturated heterocycles. The molecule has 0 fully saturated rings. The van der Waals surface area contributed by atoms with E-state index < -0.39 is 6.10 Å². The highest BCUT2D eigenvalue weighted by atomic mass is 32.2. The molecule has 1 aliphatic heterocycles. The number of carbonyl (C=O) groups is 2. The van der Waals surface area contributed by atoms with Gasteiger partial charge in [-0.25, -0.2) is 0 Å². The lowest BCUT2D eigenvalue weighted by Crippen LogP contribution is -2.34. The first-order valence-electron chi connectivity index (χ1n) is 6.12. The van der Waals surface area contributed by atoms with Crippen molar-refractivity contribution in [2.75, 3.05) is 31.3 Å². The summed E-state index contributed by atoms with van der Waals surface area (Å²) in [6.45, 7) is 0.280. The summed E-state index contributed by atoms with van der Waals surface area (Å²) in [5, 5.41) is 14.8. The molecular weight excluding hydrogens is 280 g/mol. The molecule has 1 unspecified atom stereocenters. The van der Waals surface area contributed by atoms with Crippen LogP contribution in [-0.2, 0) is 9.53 Å². The Labute approximate surface area is 120 Å². The summed E-state index contributed by atoms with van der Waals surface area (Å²) >= 11 is 1.44. The van der Waals surface area contributed by atoms with Gasteiger partial charge < -0.3 is 20.5 Å². The van der Waals surface area contributed by atoms with E-state index in [0.717, 1.165) is 4.90 Å². The monoisotopic (exact) mass is 296 g/mol. The number of carbonyl (C=O) groups excluding carboxylic acids is 2. The van der Waals surface area contributed by atoms with Crippen LogP contribution in [-0.4, -0.2) is 49.0 Å². The summed E-state index contributed by atoms with van der Waals surface area (Å²) in [5.74, 6) is 0.0187. The van der Waals surface area contributed by atoms with Crippen molar-refractivity contribution in [1.82, 2.24) is 5.32 Å². The molecule has 0 aliphatic carbocycles. The van der Waals surface area contributed by atoms with Crippen LogP contribution in [0.5, 0.6) is 0 Å². The second-order valence-electron chi connectivity index (χ2n) is 4.37. The summed E-state index contributed by atoms with van der Waals surface area (Å²) < 4.78 is 4.78. The molecule has 108 valence electrons. The fourth-order valence-electron chi connectivity index (χ4n) is 1.79. The Bertz CT molecular complexity index is 521. The van der Waals surface area contributed by atoms with Crippen LogP contribution in [0.15, 0.2) is 23.1 Å². The van der Waals surface area contributed by atoms with E-state index in [4.69, 9.17) is 4.74 Å². The maximum atomic E-state index is 11.9. The third-order valence-electron chi connectivity index (χ3n) is 2.73. The Morgan fingerprint density at radius 3 is 3.15 bits per heavy atom. The number of fused-ring (bicyclic) bond motifs is 1. The van der Waals surface area contributed by atoms with Gasteiger partial charge in [-0.2, -0.15) is 0 Å². The topological polar surface area (TPSA) is 87.7 Å². The number of methoxy groups -OCH3 is 1. The normalized spacial score (nSPS) is 15.2. The van der Waals surface area contributed by atoms with Gasteiger partial charge in [0.1, 0.15) is 0 Å². The number of rotatable bonds is 5. The predicted octanol–water partition coefficient (Wildman–Crippen LogP) is 0.468. The number of anilines is 1. The highest BCUT2D eigenvalue weighted by Gasteiger charge is 2.17. The van der Waals surface area contributed by atoms with E-state index in [2.05, 4.69) is 10.6 Å². The van der Waals surface area contributed by atoms with Crippen molar-refractivity contribution in [1.29, 1.82) is 0 Å². The van der Waals surface area contributed by atoms with Crippen LogP contribution in [0.25, 0.3) is 0 Å². The molecule has 0 spiro atoms. The van der Waals surface area contributed by atoms with Crippen molar-refractivity contribution in [3.8, 4) is 0 Å². The lowest BCUT2D eigenvalue weighted by atomic mass is 10.1. The molecule has 0 radical (unpaired) electrons. The third-order valence-corrected chi connectivity index (χ3v) is 3.81. The Morgan fingerprint density at radius 2 is 2.40 bits per heavy atom. The summed E-state index contributed by atoms with van der Waals surface area (Å²) in [4.78, 5) is 24.2. The van der Waals surface area contributed by atoms with Crippen molar-refractivity contribution in [2.24, 2.45) is 0 Å². The smallest absolute Gasteiger partial charge is 0.251 e. The largest absolute Gasteiger partial charge is 0.389 e. The third kappa shape index (κ3) is 3.72. The molecular formula is C13H16N2O4S. The number of aliphatic hydroxyl groups is 1. The zero-order valence-electron chi connectivity index (χ0n) is 11.0. The average Bonchev–Trinajstić information content (AvgIpc) is 2.44. The van der Waals surface area contributed by atoms with Crippen LogP contribution in [0, 0.1) is 0 Å². The Morgan fingerprint density at radius 1 is 1.60 bits per heavy atom. The fraction of sp³-hybridized carbons (Fsp3) is 0.385. The molecule has 7 heteroatoms. The van der Waals surface area contributed by atoms with Crippen molar-refractivity contribution < 1.29 is 19.4 Å². The standard InChI is InChI=1S/C13H16N2O4S/c1-19-6-9(16)5-14-13(18)8-2-3-11-10(4-8)15-12(17)7-20-11/h2-4,9,16H,5-7H2,1H3,(H,14,18)(H,15,17). The number of hydrogen-bond acceptors (Lipinski definition) is 5. The molecule has 0 aromatic heterocycles. The van der Waals surface area contributed by atoms with Crippen molar-refractivity contribution in [3.63, 3.8) is 0 Å². The molecule has 1 aliphatic rings. The molecule has 0 bridgehead atoms. The van der Waals surface area contributed by atoms with Crippen molar-refractivity contribution in [3.05, 3.63) is 23.8 Å². The van der Waals surface area contributed by atoms with E-state index in [9.17, 15) is 14.7 Å². The number of hydrogen-bond donors (Lipinski definition) is 3. The van der Waals surface area contributed by atoms with Gasteiger partial charge in [-0.3, -0.25) is 9.59 Å². The van der Waals surface area contributed by atoms with Gasteiger partial charge in [-0.15, -0.1) is 11.8 Å². The average molecular weight is 296 g/mol. The van der Waals surface area contributed by atoms with Gasteiger partial charge in [0.05, 0.1) is 24.2 Å². The first kappa shape index (κ1) is 14.8. The van der Waals surface area contributed by atoms with Gasteiger partial charge >= 0.3 is 0 Å². The summed E-state index contributed by atoms with van der Waals surface area (Å²) in [5.41, 5.74) is 1.09. The first-order valence-corrected chi connectivity index (χ1v) is 7.10. The summed E-state index contributed by atoms with van der Waals surface area (Å²) in [6, 6.07) is 5.14. The van der Waals surface area contributed by atoms with Gasteiger partial charge in [-0.05, 0) is 18.2 Å². The maximum absolute atomic E-state index is 11.9. The molecule has 0 saturated carbocycles. The lowest BCUT2D eigenvalue weighted by Gasteiger charge is -2.17. The number of aliphatic hydroxyl groups excluding tert-OH is 1. The Kier molecular flexibility index (Phi) is 4.99. The molecule has 1 aromatic carbocycles. The zero-order valence-corrected chi connectivity index (χ0v) is 11.8. The molecule has 3 N–H and O–H groups in total. The maximum Gasteiger partial charge on any atom is 0.251 e. The quantitative estimate of drug-likeness (QED) is 0.735. The number of benzene rings is 1. The highest BCUT2D eigenvalue weighted by molar-refractivity contribution is 8.00. The first-order chi connectivity index (χ1) is 9.60. The van der Waals surface area contributed by atoms with Crippen molar-refractivity contribution in [2.45, 2.75) is 11.0 Å². The molecule has 6 nitrogen and oxygen atoms in total. The lowest BCUT2D eigenvalue weighted by molar-refractivity contribution is -0.113. The molecule has 1 heterocycles. The van der Waals surface area contributed by atoms with Crippen LogP contribution in [0.4, 0.5) is 5.69 Å². The van der Waals surface area contributed by atoms with Crippen LogP contribution in [0.1, 0.15) is 10.4 Å². The number of ether oxygens (including phenoxy) is 1. The predicted molar refractivity (Wildman–Crippen MR) is 76.0 cm³/mol. The fourth-order valence-corrected chi connectivity index (χ4v) is 2.58. The van der Waals surface area contributed by atoms with Gasteiger partial charge in [0.2, 0.25) is 5.91 Å². The minimum atomic E-state index is -0.739. The van der Waals surface area contributed by atoms with Gasteiger partial charge in [0.25, 0.3) is 5.91 Å². The SMILES string of the molecule is COCC(O)CNC(=O)c1ccc2c(c1)NC(=O)CS2. The van der Waals surface area contributed by atoms with Crippen LogP contribution in [0.2, 0.25) is 0 Å². The molecule has 1 aromatic rings. The summed E-state index contributed by atoms with van der Waals surface area (Å²) in [7, 11) is 1.48. The van der Waals surface area contributed by atoms with E-state index in [-0.39, 0.29) is 25.0 Å².